The molecule has 8 heteroatoms. The van der Waals surface area contributed by atoms with Crippen molar-refractivity contribution in [1.29, 1.82) is 0 Å². The highest BCUT2D eigenvalue weighted by Crippen LogP contribution is 2.21. The van der Waals surface area contributed by atoms with E-state index in [0.717, 1.165) is 22.5 Å². The van der Waals surface area contributed by atoms with Gasteiger partial charge in [-0.05, 0) is 25.1 Å². The molecule has 0 saturated carbocycles. The van der Waals surface area contributed by atoms with Gasteiger partial charge in [0.05, 0.1) is 17.6 Å². The molecule has 0 radical (unpaired) electrons. The van der Waals surface area contributed by atoms with Gasteiger partial charge in [0.1, 0.15) is 11.5 Å². The van der Waals surface area contributed by atoms with Crippen LogP contribution in [0.2, 0.25) is 0 Å². The number of hydrogen-bond donors (Lipinski definition) is 0. The fourth-order valence-electron chi connectivity index (χ4n) is 3.05. The quantitative estimate of drug-likeness (QED) is 0.535. The number of para-hydroxylation sites is 1. The highest BCUT2D eigenvalue weighted by Gasteiger charge is 2.12. The number of aromatic nitrogens is 6. The SMILES string of the molecule is Cc1nn(C)cc1CN(C)c1nccc(-c2cnn(-c3ccccc3F)c2)n1. The van der Waals surface area contributed by atoms with Gasteiger partial charge in [0.2, 0.25) is 5.95 Å². The van der Waals surface area contributed by atoms with Crippen LogP contribution in [-0.4, -0.2) is 36.6 Å². The second kappa shape index (κ2) is 7.22. The molecule has 0 spiro atoms. The zero-order valence-electron chi connectivity index (χ0n) is 15.9. The summed E-state index contributed by atoms with van der Waals surface area (Å²) in [6.45, 7) is 2.63. The van der Waals surface area contributed by atoms with Gasteiger partial charge in [-0.1, -0.05) is 12.1 Å². The molecule has 0 aliphatic carbocycles. The Morgan fingerprint density at radius 2 is 1.96 bits per heavy atom. The molecule has 1 aromatic carbocycles. The van der Waals surface area contributed by atoms with Crippen molar-refractivity contribution >= 4 is 5.95 Å². The molecule has 0 unspecified atom stereocenters. The maximum atomic E-state index is 14.0. The topological polar surface area (TPSA) is 64.7 Å². The van der Waals surface area contributed by atoms with Gasteiger partial charge in [-0.25, -0.2) is 19.0 Å². The number of benzene rings is 1. The van der Waals surface area contributed by atoms with E-state index in [1.165, 1.54) is 10.7 Å². The van der Waals surface area contributed by atoms with Crippen molar-refractivity contribution in [2.24, 2.45) is 7.05 Å². The van der Waals surface area contributed by atoms with E-state index in [2.05, 4.69) is 20.2 Å². The summed E-state index contributed by atoms with van der Waals surface area (Å²) in [5.41, 5.74) is 4.01. The summed E-state index contributed by atoms with van der Waals surface area (Å²) in [6, 6.07) is 8.34. The Balaban J connectivity index is 1.59. The van der Waals surface area contributed by atoms with Gasteiger partial charge in [0.25, 0.3) is 0 Å². The molecule has 0 fully saturated rings. The molecule has 0 amide bonds. The summed E-state index contributed by atoms with van der Waals surface area (Å²) >= 11 is 0. The van der Waals surface area contributed by atoms with Crippen molar-refractivity contribution < 1.29 is 4.39 Å². The molecule has 3 aromatic heterocycles. The van der Waals surface area contributed by atoms with E-state index in [9.17, 15) is 4.39 Å². The number of anilines is 1. The minimum Gasteiger partial charge on any atom is -0.339 e. The molecule has 0 atom stereocenters. The van der Waals surface area contributed by atoms with E-state index < -0.39 is 0 Å². The van der Waals surface area contributed by atoms with E-state index in [-0.39, 0.29) is 5.82 Å². The molecule has 0 saturated heterocycles. The van der Waals surface area contributed by atoms with Gasteiger partial charge in [-0.2, -0.15) is 10.2 Å². The summed E-state index contributed by atoms with van der Waals surface area (Å²) in [5.74, 6) is 0.270. The van der Waals surface area contributed by atoms with Gasteiger partial charge in [0, 0.05) is 50.4 Å². The summed E-state index contributed by atoms with van der Waals surface area (Å²) in [4.78, 5) is 11.0. The first-order valence-corrected chi connectivity index (χ1v) is 8.84. The molecule has 4 rings (SSSR count). The average Bonchev–Trinajstić information content (AvgIpc) is 3.29. The van der Waals surface area contributed by atoms with Crippen LogP contribution >= 0.6 is 0 Å². The normalized spacial score (nSPS) is 11.0. The number of rotatable bonds is 5. The lowest BCUT2D eigenvalue weighted by Crippen LogP contribution is -2.19. The van der Waals surface area contributed by atoms with E-state index in [4.69, 9.17) is 0 Å². The van der Waals surface area contributed by atoms with Crippen LogP contribution < -0.4 is 4.90 Å². The molecule has 28 heavy (non-hydrogen) atoms. The first-order valence-electron chi connectivity index (χ1n) is 8.84. The largest absolute Gasteiger partial charge is 0.339 e. The molecular weight excluding hydrogens is 357 g/mol. The first kappa shape index (κ1) is 17.8. The van der Waals surface area contributed by atoms with Gasteiger partial charge >= 0.3 is 0 Å². The van der Waals surface area contributed by atoms with Crippen molar-refractivity contribution in [2.75, 3.05) is 11.9 Å². The Labute approximate surface area is 162 Å². The lowest BCUT2D eigenvalue weighted by Gasteiger charge is -2.16. The molecule has 0 bridgehead atoms. The van der Waals surface area contributed by atoms with Gasteiger partial charge in [-0.15, -0.1) is 0 Å². The Bertz CT molecular complexity index is 1120. The van der Waals surface area contributed by atoms with Crippen molar-refractivity contribution in [2.45, 2.75) is 13.5 Å². The monoisotopic (exact) mass is 377 g/mol. The van der Waals surface area contributed by atoms with Crippen molar-refractivity contribution in [3.8, 4) is 16.9 Å². The average molecular weight is 377 g/mol. The predicted octanol–water partition coefficient (Wildman–Crippen LogP) is 3.15. The van der Waals surface area contributed by atoms with Gasteiger partial charge in [0.15, 0.2) is 0 Å². The van der Waals surface area contributed by atoms with Crippen LogP contribution in [0.3, 0.4) is 0 Å². The number of hydrogen-bond acceptors (Lipinski definition) is 5. The third-order valence-corrected chi connectivity index (χ3v) is 4.48. The lowest BCUT2D eigenvalue weighted by molar-refractivity contribution is 0.611. The zero-order valence-corrected chi connectivity index (χ0v) is 15.9. The Kier molecular flexibility index (Phi) is 4.60. The Morgan fingerprint density at radius 1 is 1.14 bits per heavy atom. The molecule has 0 N–H and O–H groups in total. The molecule has 0 aliphatic rings. The molecule has 142 valence electrons. The van der Waals surface area contributed by atoms with Crippen LogP contribution in [0, 0.1) is 12.7 Å². The molecule has 7 nitrogen and oxygen atoms in total. The molecule has 3 heterocycles. The third-order valence-electron chi connectivity index (χ3n) is 4.48. The van der Waals surface area contributed by atoms with Crippen LogP contribution in [0.5, 0.6) is 0 Å². The van der Waals surface area contributed by atoms with Gasteiger partial charge < -0.3 is 4.90 Å². The summed E-state index contributed by atoms with van der Waals surface area (Å²) in [6.07, 6.45) is 7.14. The van der Waals surface area contributed by atoms with Crippen LogP contribution in [0.4, 0.5) is 10.3 Å². The van der Waals surface area contributed by atoms with Crippen LogP contribution in [0.1, 0.15) is 11.3 Å². The minimum absolute atomic E-state index is 0.327. The summed E-state index contributed by atoms with van der Waals surface area (Å²) in [7, 11) is 3.84. The predicted molar refractivity (Wildman–Crippen MR) is 105 cm³/mol. The minimum atomic E-state index is -0.327. The van der Waals surface area contributed by atoms with Crippen LogP contribution in [0.25, 0.3) is 16.9 Å². The van der Waals surface area contributed by atoms with Gasteiger partial charge in [-0.3, -0.25) is 4.68 Å². The first-order chi connectivity index (χ1) is 13.5. The Morgan fingerprint density at radius 3 is 2.71 bits per heavy atom. The lowest BCUT2D eigenvalue weighted by atomic mass is 10.2. The number of aryl methyl sites for hydroxylation is 2. The van der Waals surface area contributed by atoms with E-state index in [0.29, 0.717) is 18.2 Å². The number of nitrogens with zero attached hydrogens (tertiary/aromatic N) is 7. The summed E-state index contributed by atoms with van der Waals surface area (Å²) in [5, 5.41) is 8.64. The second-order valence-electron chi connectivity index (χ2n) is 6.64. The number of halogens is 1. The molecule has 4 aromatic rings. The van der Waals surface area contributed by atoms with E-state index >= 15 is 0 Å². The van der Waals surface area contributed by atoms with E-state index in [1.807, 2.05) is 38.2 Å². The fourth-order valence-corrected chi connectivity index (χ4v) is 3.05. The maximum absolute atomic E-state index is 14.0. The maximum Gasteiger partial charge on any atom is 0.225 e. The fraction of sp³-hybridized carbons (Fsp3) is 0.200. The zero-order chi connectivity index (χ0) is 19.7. The van der Waals surface area contributed by atoms with Crippen LogP contribution in [0.15, 0.2) is 55.1 Å². The smallest absolute Gasteiger partial charge is 0.225 e. The van der Waals surface area contributed by atoms with Crippen molar-refractivity contribution in [1.82, 2.24) is 29.5 Å². The van der Waals surface area contributed by atoms with Crippen LogP contribution in [-0.2, 0) is 13.6 Å². The van der Waals surface area contributed by atoms with Crippen molar-refractivity contribution in [3.05, 3.63) is 72.2 Å². The Hall–Kier alpha value is -3.55. The third kappa shape index (κ3) is 3.48. The highest BCUT2D eigenvalue weighted by atomic mass is 19.1. The standard InChI is InChI=1S/C20H20FN7/c1-14-16(12-27(3)25-14)11-26(2)20-22-9-8-18(24-20)15-10-23-28(13-15)19-7-5-4-6-17(19)21/h4-10,12-13H,11H2,1-3H3. The van der Waals surface area contributed by atoms with E-state index in [1.54, 1.807) is 41.5 Å². The molecular formula is C20H20FN7. The molecule has 0 aliphatic heterocycles. The summed E-state index contributed by atoms with van der Waals surface area (Å²) < 4.78 is 17.3. The second-order valence-corrected chi connectivity index (χ2v) is 6.64. The van der Waals surface area contributed by atoms with Crippen molar-refractivity contribution in [3.63, 3.8) is 0 Å². The highest BCUT2D eigenvalue weighted by molar-refractivity contribution is 5.59.